The van der Waals surface area contributed by atoms with Crippen molar-refractivity contribution in [3.8, 4) is 0 Å². The molecule has 0 heterocycles. The van der Waals surface area contributed by atoms with Crippen LogP contribution in [0.1, 0.15) is 18.9 Å². The van der Waals surface area contributed by atoms with E-state index in [2.05, 4.69) is 27.6 Å². The number of nitrogens with one attached hydrogen (secondary N) is 2. The molecule has 8 nitrogen and oxygen atoms in total. The molecule has 0 fully saturated rings. The SMILES string of the molecule is CCNC(=NCc1ccc(S(N)(=O)=O)cc1)NCCN(C)CCCOC. The van der Waals surface area contributed by atoms with Crippen LogP contribution in [0.5, 0.6) is 0 Å². The van der Waals surface area contributed by atoms with Crippen molar-refractivity contribution >= 4 is 16.0 Å². The maximum absolute atomic E-state index is 11.3. The number of rotatable bonds is 11. The smallest absolute Gasteiger partial charge is 0.238 e. The average Bonchev–Trinajstić information content (AvgIpc) is 2.59. The highest BCUT2D eigenvalue weighted by Gasteiger charge is 2.06. The van der Waals surface area contributed by atoms with E-state index in [0.717, 1.165) is 50.7 Å². The van der Waals surface area contributed by atoms with Crippen molar-refractivity contribution in [2.45, 2.75) is 24.8 Å². The van der Waals surface area contributed by atoms with Crippen LogP contribution in [0, 0.1) is 0 Å². The Morgan fingerprint density at radius 3 is 2.50 bits per heavy atom. The highest BCUT2D eigenvalue weighted by atomic mass is 32.2. The van der Waals surface area contributed by atoms with Crippen molar-refractivity contribution < 1.29 is 13.2 Å². The van der Waals surface area contributed by atoms with E-state index in [0.29, 0.717) is 6.54 Å². The number of guanidine groups is 1. The van der Waals surface area contributed by atoms with Crippen LogP contribution in [0.4, 0.5) is 0 Å². The van der Waals surface area contributed by atoms with Crippen molar-refractivity contribution in [1.82, 2.24) is 15.5 Å². The Labute approximate surface area is 156 Å². The zero-order valence-corrected chi connectivity index (χ0v) is 16.7. The highest BCUT2D eigenvalue weighted by molar-refractivity contribution is 7.89. The van der Waals surface area contributed by atoms with Crippen LogP contribution < -0.4 is 15.8 Å². The van der Waals surface area contributed by atoms with Gasteiger partial charge in [0.2, 0.25) is 10.0 Å². The largest absolute Gasteiger partial charge is 0.385 e. The predicted octanol–water partition coefficient (Wildman–Crippen LogP) is 0.357. The molecule has 0 aliphatic heterocycles. The number of methoxy groups -OCH3 is 1. The minimum absolute atomic E-state index is 0.103. The number of primary sulfonamides is 1. The maximum Gasteiger partial charge on any atom is 0.238 e. The minimum Gasteiger partial charge on any atom is -0.385 e. The fourth-order valence-corrected chi connectivity index (χ4v) is 2.77. The molecular formula is C17H31N5O3S. The lowest BCUT2D eigenvalue weighted by Crippen LogP contribution is -2.41. The first-order valence-corrected chi connectivity index (χ1v) is 10.2. The summed E-state index contributed by atoms with van der Waals surface area (Å²) in [6, 6.07) is 6.43. The molecule has 4 N–H and O–H groups in total. The van der Waals surface area contributed by atoms with Crippen molar-refractivity contribution in [2.24, 2.45) is 10.1 Å². The summed E-state index contributed by atoms with van der Waals surface area (Å²) in [5.74, 6) is 0.730. The molecule has 1 rings (SSSR count). The van der Waals surface area contributed by atoms with E-state index >= 15 is 0 Å². The molecule has 0 amide bonds. The van der Waals surface area contributed by atoms with Gasteiger partial charge in [-0.3, -0.25) is 0 Å². The zero-order valence-electron chi connectivity index (χ0n) is 15.9. The summed E-state index contributed by atoms with van der Waals surface area (Å²) < 4.78 is 27.6. The van der Waals surface area contributed by atoms with Crippen LogP contribution in [-0.2, 0) is 21.3 Å². The van der Waals surface area contributed by atoms with Gasteiger partial charge in [-0.2, -0.15) is 0 Å². The van der Waals surface area contributed by atoms with E-state index in [1.165, 1.54) is 12.1 Å². The molecule has 0 aliphatic carbocycles. The number of aliphatic imine (C=N–C) groups is 1. The third-order valence-corrected chi connectivity index (χ3v) is 4.62. The molecule has 26 heavy (non-hydrogen) atoms. The van der Waals surface area contributed by atoms with Crippen LogP contribution in [-0.4, -0.2) is 66.2 Å². The Morgan fingerprint density at radius 2 is 1.92 bits per heavy atom. The molecule has 1 aromatic carbocycles. The summed E-state index contributed by atoms with van der Waals surface area (Å²) in [7, 11) is 0.128. The van der Waals surface area contributed by atoms with Crippen molar-refractivity contribution in [3.05, 3.63) is 29.8 Å². The number of hydrogen-bond donors (Lipinski definition) is 3. The van der Waals surface area contributed by atoms with Gasteiger partial charge in [0.1, 0.15) is 0 Å². The number of nitrogens with two attached hydrogens (primary N) is 1. The lowest BCUT2D eigenvalue weighted by molar-refractivity contribution is 0.180. The first kappa shape index (κ1) is 22.4. The third kappa shape index (κ3) is 9.14. The van der Waals surface area contributed by atoms with E-state index in [4.69, 9.17) is 9.88 Å². The van der Waals surface area contributed by atoms with Crippen LogP contribution in [0.15, 0.2) is 34.2 Å². The molecule has 0 bridgehead atoms. The van der Waals surface area contributed by atoms with E-state index in [1.807, 2.05) is 6.92 Å². The molecule has 148 valence electrons. The van der Waals surface area contributed by atoms with Gasteiger partial charge in [0.25, 0.3) is 0 Å². The Morgan fingerprint density at radius 1 is 1.23 bits per heavy atom. The van der Waals surface area contributed by atoms with Crippen molar-refractivity contribution in [2.75, 3.05) is 46.9 Å². The third-order valence-electron chi connectivity index (χ3n) is 3.69. The molecule has 0 aromatic heterocycles. The molecule has 0 atom stereocenters. The van der Waals surface area contributed by atoms with E-state index in [-0.39, 0.29) is 4.90 Å². The Bertz CT molecular complexity index is 647. The van der Waals surface area contributed by atoms with Gasteiger partial charge in [0.15, 0.2) is 5.96 Å². The zero-order chi connectivity index (χ0) is 19.4. The van der Waals surface area contributed by atoms with Gasteiger partial charge in [-0.25, -0.2) is 18.5 Å². The molecule has 9 heteroatoms. The minimum atomic E-state index is -3.66. The van der Waals surface area contributed by atoms with Gasteiger partial charge in [-0.15, -0.1) is 0 Å². The second-order valence-electron chi connectivity index (χ2n) is 5.96. The van der Waals surface area contributed by atoms with Crippen LogP contribution >= 0.6 is 0 Å². The van der Waals surface area contributed by atoms with Gasteiger partial charge in [0, 0.05) is 39.9 Å². The van der Waals surface area contributed by atoms with Crippen LogP contribution in [0.3, 0.4) is 0 Å². The van der Waals surface area contributed by atoms with Crippen LogP contribution in [0.2, 0.25) is 0 Å². The molecule has 0 radical (unpaired) electrons. The maximum atomic E-state index is 11.3. The first-order chi connectivity index (χ1) is 12.4. The predicted molar refractivity (Wildman–Crippen MR) is 105 cm³/mol. The summed E-state index contributed by atoms with van der Waals surface area (Å²) in [4.78, 5) is 6.86. The lowest BCUT2D eigenvalue weighted by Gasteiger charge is -2.18. The average molecular weight is 386 g/mol. The summed E-state index contributed by atoms with van der Waals surface area (Å²) >= 11 is 0. The summed E-state index contributed by atoms with van der Waals surface area (Å²) in [6.45, 7) is 6.65. The number of likely N-dealkylation sites (N-methyl/N-ethyl adjacent to an activating group) is 1. The van der Waals surface area contributed by atoms with Gasteiger partial charge < -0.3 is 20.3 Å². The Kier molecular flexibility index (Phi) is 10.2. The monoisotopic (exact) mass is 385 g/mol. The Hall–Kier alpha value is -1.68. The van der Waals surface area contributed by atoms with Crippen molar-refractivity contribution in [3.63, 3.8) is 0 Å². The normalized spacial score (nSPS) is 12.4. The number of ether oxygens (including phenoxy) is 1. The first-order valence-electron chi connectivity index (χ1n) is 8.68. The molecule has 0 aliphatic rings. The van der Waals surface area contributed by atoms with E-state index in [1.54, 1.807) is 19.2 Å². The summed E-state index contributed by atoms with van der Waals surface area (Å²) in [5.41, 5.74) is 0.909. The number of hydrogen-bond acceptors (Lipinski definition) is 5. The summed E-state index contributed by atoms with van der Waals surface area (Å²) in [5, 5.41) is 11.6. The van der Waals surface area contributed by atoms with E-state index in [9.17, 15) is 8.42 Å². The standard InChI is InChI=1S/C17H31N5O3S/c1-4-19-17(20-10-12-22(2)11-5-13-25-3)21-14-15-6-8-16(9-7-15)26(18,23)24/h6-9H,4-5,10-14H2,1-3H3,(H2,18,23,24)(H2,19,20,21). The van der Waals surface area contributed by atoms with E-state index < -0.39 is 10.0 Å². The van der Waals surface area contributed by atoms with Gasteiger partial charge in [0.05, 0.1) is 11.4 Å². The lowest BCUT2D eigenvalue weighted by atomic mass is 10.2. The van der Waals surface area contributed by atoms with Gasteiger partial charge in [-0.05, 0) is 38.1 Å². The molecule has 0 saturated heterocycles. The van der Waals surface area contributed by atoms with Gasteiger partial charge in [-0.1, -0.05) is 12.1 Å². The molecule has 0 unspecified atom stereocenters. The fourth-order valence-electron chi connectivity index (χ4n) is 2.25. The second kappa shape index (κ2) is 11.8. The van der Waals surface area contributed by atoms with Crippen LogP contribution in [0.25, 0.3) is 0 Å². The number of nitrogens with zero attached hydrogens (tertiary/aromatic N) is 2. The fraction of sp³-hybridized carbons (Fsp3) is 0.588. The highest BCUT2D eigenvalue weighted by Crippen LogP contribution is 2.09. The molecule has 1 aromatic rings. The van der Waals surface area contributed by atoms with Crippen molar-refractivity contribution in [1.29, 1.82) is 0 Å². The molecule has 0 saturated carbocycles. The molecule has 0 spiro atoms. The topological polar surface area (TPSA) is 109 Å². The molecular weight excluding hydrogens is 354 g/mol. The summed E-state index contributed by atoms with van der Waals surface area (Å²) in [6.07, 6.45) is 1.01. The second-order valence-corrected chi connectivity index (χ2v) is 7.52. The number of benzene rings is 1. The number of sulfonamides is 1. The van der Waals surface area contributed by atoms with Gasteiger partial charge >= 0.3 is 0 Å². The Balaban J connectivity index is 2.50. The quantitative estimate of drug-likeness (QED) is 0.288.